The summed E-state index contributed by atoms with van der Waals surface area (Å²) in [6.07, 6.45) is 10.9. The van der Waals surface area contributed by atoms with Gasteiger partial charge in [-0.1, -0.05) is 24.3 Å². The number of aliphatic imine (C=N–C) groups is 1. The van der Waals surface area contributed by atoms with E-state index in [2.05, 4.69) is 29.3 Å². The molecular formula is C24H22N2O2. The quantitative estimate of drug-likeness (QED) is 0.416. The highest BCUT2D eigenvalue weighted by molar-refractivity contribution is 5.50. The Labute approximate surface area is 164 Å². The van der Waals surface area contributed by atoms with Crippen molar-refractivity contribution in [2.24, 2.45) is 16.8 Å². The van der Waals surface area contributed by atoms with Gasteiger partial charge in [0, 0.05) is 0 Å². The number of hydrogen-bond acceptors (Lipinski definition) is 4. The molecule has 4 nitrogen and oxygen atoms in total. The largest absolute Gasteiger partial charge is 0.388 e. The molecule has 0 N–H and O–H groups in total. The third-order valence-electron chi connectivity index (χ3n) is 7.35. The lowest BCUT2D eigenvalue weighted by Crippen LogP contribution is -2.55. The second-order valence-electron chi connectivity index (χ2n) is 8.99. The van der Waals surface area contributed by atoms with Gasteiger partial charge in [-0.3, -0.25) is 0 Å². The number of isocyanates is 1. The van der Waals surface area contributed by atoms with Gasteiger partial charge in [0.25, 0.3) is 6.26 Å². The Bertz CT molecular complexity index is 967. The Morgan fingerprint density at radius 2 is 1.43 bits per heavy atom. The van der Waals surface area contributed by atoms with Gasteiger partial charge in [-0.15, -0.1) is 5.26 Å². The van der Waals surface area contributed by atoms with Crippen LogP contribution in [0.1, 0.15) is 49.7 Å². The topological polar surface area (TPSA) is 62.4 Å². The van der Waals surface area contributed by atoms with Crippen molar-refractivity contribution in [2.75, 3.05) is 0 Å². The van der Waals surface area contributed by atoms with Crippen LogP contribution in [0.4, 0.5) is 5.69 Å². The van der Waals surface area contributed by atoms with E-state index in [0.717, 1.165) is 11.8 Å². The third kappa shape index (κ3) is 2.66. The maximum atomic E-state index is 10.5. The summed E-state index contributed by atoms with van der Waals surface area (Å²) in [5, 5.41) is 8.73. The molecule has 2 unspecified atom stereocenters. The lowest BCUT2D eigenvalue weighted by atomic mass is 9.42. The zero-order valence-electron chi connectivity index (χ0n) is 15.7. The Morgan fingerprint density at radius 1 is 0.893 bits per heavy atom. The van der Waals surface area contributed by atoms with Crippen LogP contribution in [-0.2, 0) is 15.6 Å². The van der Waals surface area contributed by atoms with Gasteiger partial charge >= 0.3 is 0 Å². The van der Waals surface area contributed by atoms with Gasteiger partial charge in [0.05, 0.1) is 5.69 Å². The summed E-state index contributed by atoms with van der Waals surface area (Å²) in [6, 6.07) is 16.4. The normalized spacial score (nSPS) is 32.4. The van der Waals surface area contributed by atoms with Crippen LogP contribution in [0, 0.1) is 23.4 Å². The number of nitriles is 1. The predicted octanol–water partition coefficient (Wildman–Crippen LogP) is 5.30. The van der Waals surface area contributed by atoms with Crippen molar-refractivity contribution >= 4 is 11.8 Å². The molecule has 2 aromatic rings. The van der Waals surface area contributed by atoms with E-state index in [4.69, 9.17) is 10.00 Å². The van der Waals surface area contributed by atoms with Crippen molar-refractivity contribution in [3.63, 3.8) is 0 Å². The van der Waals surface area contributed by atoms with Crippen LogP contribution in [0.5, 0.6) is 5.75 Å². The van der Waals surface area contributed by atoms with Gasteiger partial charge in [0.1, 0.15) is 5.75 Å². The zero-order valence-corrected chi connectivity index (χ0v) is 15.7. The highest BCUT2D eigenvalue weighted by Crippen LogP contribution is 2.66. The highest BCUT2D eigenvalue weighted by Gasteiger charge is 2.58. The Morgan fingerprint density at radius 3 is 1.93 bits per heavy atom. The van der Waals surface area contributed by atoms with E-state index in [1.807, 2.05) is 24.3 Å². The molecule has 0 heterocycles. The van der Waals surface area contributed by atoms with Crippen LogP contribution in [0.15, 0.2) is 53.5 Å². The molecule has 0 aromatic heterocycles. The van der Waals surface area contributed by atoms with Crippen molar-refractivity contribution in [1.29, 1.82) is 5.26 Å². The summed E-state index contributed by atoms with van der Waals surface area (Å²) in [4.78, 5) is 14.3. The van der Waals surface area contributed by atoms with Crippen molar-refractivity contribution in [1.82, 2.24) is 0 Å². The van der Waals surface area contributed by atoms with Crippen molar-refractivity contribution < 1.29 is 9.53 Å². The SMILES string of the molecule is N#COc1ccc(C23CC4CC(CC(c5ccc(N=C=O)cc5)(C4)C2)C3)cc1. The highest BCUT2D eigenvalue weighted by atomic mass is 16.5. The van der Waals surface area contributed by atoms with E-state index in [9.17, 15) is 4.79 Å². The van der Waals surface area contributed by atoms with E-state index in [1.54, 1.807) is 12.3 Å². The van der Waals surface area contributed by atoms with Gasteiger partial charge in [0.2, 0.25) is 6.08 Å². The number of rotatable bonds is 4. The molecule has 4 aliphatic rings. The molecule has 140 valence electrons. The summed E-state index contributed by atoms with van der Waals surface area (Å²) < 4.78 is 4.97. The summed E-state index contributed by atoms with van der Waals surface area (Å²) >= 11 is 0. The number of ether oxygens (including phenoxy) is 1. The molecule has 28 heavy (non-hydrogen) atoms. The molecule has 0 amide bonds. The minimum atomic E-state index is 0.217. The first kappa shape index (κ1) is 17.2. The lowest BCUT2D eigenvalue weighted by molar-refractivity contribution is -0.0281. The molecule has 4 fully saturated rings. The smallest absolute Gasteiger partial charge is 0.292 e. The average molecular weight is 370 g/mol. The van der Waals surface area contributed by atoms with Gasteiger partial charge in [-0.2, -0.15) is 4.99 Å². The molecule has 0 saturated heterocycles. The maximum Gasteiger partial charge on any atom is 0.292 e. The molecule has 0 radical (unpaired) electrons. The molecule has 6 rings (SSSR count). The fourth-order valence-electron chi connectivity index (χ4n) is 6.81. The lowest BCUT2D eigenvalue weighted by Gasteiger charge is -2.62. The second kappa shape index (κ2) is 6.33. The molecule has 4 aliphatic carbocycles. The fraction of sp³-hybridized carbons (Fsp3) is 0.417. The summed E-state index contributed by atoms with van der Waals surface area (Å²) in [6.45, 7) is 0. The molecule has 4 heteroatoms. The number of carbonyl (C=O) groups excluding carboxylic acids is 1. The summed E-state index contributed by atoms with van der Waals surface area (Å²) in [5.74, 6) is 2.14. The minimum Gasteiger partial charge on any atom is -0.388 e. The van der Waals surface area contributed by atoms with Crippen molar-refractivity contribution in [3.8, 4) is 12.0 Å². The van der Waals surface area contributed by atoms with E-state index in [-0.39, 0.29) is 10.8 Å². The van der Waals surface area contributed by atoms with E-state index in [1.165, 1.54) is 49.7 Å². The minimum absolute atomic E-state index is 0.217. The van der Waals surface area contributed by atoms with Gasteiger partial charge in [-0.25, -0.2) is 4.79 Å². The molecule has 4 bridgehead atoms. The molecule has 2 aromatic carbocycles. The van der Waals surface area contributed by atoms with Crippen LogP contribution in [0.25, 0.3) is 0 Å². The monoisotopic (exact) mass is 370 g/mol. The number of nitrogens with zero attached hydrogens (tertiary/aromatic N) is 2. The molecule has 0 spiro atoms. The Balaban J connectivity index is 1.52. The maximum absolute atomic E-state index is 10.5. The van der Waals surface area contributed by atoms with Crippen LogP contribution >= 0.6 is 0 Å². The summed E-state index contributed by atoms with van der Waals surface area (Å²) in [7, 11) is 0. The van der Waals surface area contributed by atoms with Gasteiger partial charge in [-0.05, 0) is 96.6 Å². The first-order valence-corrected chi connectivity index (χ1v) is 10.00. The molecule has 0 aliphatic heterocycles. The van der Waals surface area contributed by atoms with Crippen LogP contribution in [-0.4, -0.2) is 6.08 Å². The average Bonchev–Trinajstić information content (AvgIpc) is 2.68. The Hall–Kier alpha value is -2.89. The van der Waals surface area contributed by atoms with Crippen LogP contribution in [0.2, 0.25) is 0 Å². The first-order chi connectivity index (χ1) is 13.6. The van der Waals surface area contributed by atoms with E-state index >= 15 is 0 Å². The van der Waals surface area contributed by atoms with Crippen LogP contribution < -0.4 is 4.74 Å². The van der Waals surface area contributed by atoms with E-state index in [0.29, 0.717) is 11.4 Å². The second-order valence-corrected chi connectivity index (χ2v) is 8.99. The van der Waals surface area contributed by atoms with E-state index < -0.39 is 0 Å². The number of benzene rings is 2. The first-order valence-electron chi connectivity index (χ1n) is 10.00. The molecular weight excluding hydrogens is 348 g/mol. The molecule has 2 atom stereocenters. The van der Waals surface area contributed by atoms with Crippen molar-refractivity contribution in [3.05, 3.63) is 59.7 Å². The van der Waals surface area contributed by atoms with Crippen molar-refractivity contribution in [2.45, 2.75) is 49.4 Å². The zero-order chi connectivity index (χ0) is 19.2. The summed E-state index contributed by atoms with van der Waals surface area (Å²) in [5.41, 5.74) is 3.88. The van der Waals surface area contributed by atoms with Gasteiger partial charge in [0.15, 0.2) is 0 Å². The third-order valence-corrected chi connectivity index (χ3v) is 7.35. The Kier molecular flexibility index (Phi) is 3.89. The molecule has 4 saturated carbocycles. The predicted molar refractivity (Wildman–Crippen MR) is 105 cm³/mol. The van der Waals surface area contributed by atoms with Gasteiger partial charge < -0.3 is 4.74 Å². The number of hydrogen-bond donors (Lipinski definition) is 0. The standard InChI is InChI=1S/C24H22N2O2/c25-15-28-22-7-3-20(4-8-22)24-12-17-9-18(13-24)11-23(10-17,14-24)19-1-5-21(6-2-19)26-16-27/h1-8,17-18H,9-14H2. The fourth-order valence-corrected chi connectivity index (χ4v) is 6.81. The van der Waals surface area contributed by atoms with Crippen LogP contribution in [0.3, 0.4) is 0 Å².